The number of nitrogens with one attached hydrogen (secondary N) is 1. The third-order valence-corrected chi connectivity index (χ3v) is 7.03. The molecule has 4 rings (SSSR count). The molecule has 1 aliphatic heterocycles. The molecule has 1 N–H and O–H groups in total. The topological polar surface area (TPSA) is 85.8 Å². The molecule has 1 saturated heterocycles. The van der Waals surface area contributed by atoms with Crippen molar-refractivity contribution >= 4 is 11.9 Å². The summed E-state index contributed by atoms with van der Waals surface area (Å²) in [6.45, 7) is 7.70. The first-order chi connectivity index (χ1) is 17.0. The number of rotatable bonds is 8. The Balaban J connectivity index is 1.70. The first kappa shape index (κ1) is 25.2. The maximum absolute atomic E-state index is 12.1. The smallest absolute Gasteiger partial charge is 0.409 e. The van der Waals surface area contributed by atoms with Gasteiger partial charge in [-0.1, -0.05) is 13.8 Å². The van der Waals surface area contributed by atoms with Gasteiger partial charge in [-0.2, -0.15) is 0 Å². The van der Waals surface area contributed by atoms with Crippen LogP contribution in [0.3, 0.4) is 0 Å². The lowest BCUT2D eigenvalue weighted by atomic mass is 9.89. The van der Waals surface area contributed by atoms with E-state index in [4.69, 9.17) is 24.2 Å². The van der Waals surface area contributed by atoms with Crippen LogP contribution in [0.4, 0.5) is 10.6 Å². The van der Waals surface area contributed by atoms with Gasteiger partial charge in [-0.05, 0) is 68.7 Å². The average Bonchev–Trinajstić information content (AvgIpc) is 3.29. The third-order valence-electron chi connectivity index (χ3n) is 7.03. The van der Waals surface area contributed by atoms with E-state index in [1.807, 2.05) is 6.92 Å². The molecule has 35 heavy (non-hydrogen) atoms. The van der Waals surface area contributed by atoms with Crippen LogP contribution in [0.1, 0.15) is 56.1 Å². The molecule has 0 saturated carbocycles. The summed E-state index contributed by atoms with van der Waals surface area (Å²) in [4.78, 5) is 24.0. The Bertz CT molecular complexity index is 1060. The van der Waals surface area contributed by atoms with Crippen molar-refractivity contribution in [3.63, 3.8) is 0 Å². The normalized spacial score (nSPS) is 19.4. The lowest BCUT2D eigenvalue weighted by Crippen LogP contribution is -2.35. The highest BCUT2D eigenvalue weighted by Crippen LogP contribution is 2.37. The van der Waals surface area contributed by atoms with E-state index in [1.54, 1.807) is 12.0 Å². The molecule has 2 aliphatic rings. The SMILES string of the molecule is CCO[C@H]1CN(C(=O)OC)CC1Nc1nc(CC)c(-c2cc3c(cc2OC)CCCC3)nc1CC. The van der Waals surface area contributed by atoms with Crippen molar-refractivity contribution in [1.82, 2.24) is 14.9 Å². The monoisotopic (exact) mass is 482 g/mol. The number of aryl methyl sites for hydroxylation is 4. The Labute approximate surface area is 208 Å². The lowest BCUT2D eigenvalue weighted by molar-refractivity contribution is 0.0613. The van der Waals surface area contributed by atoms with E-state index in [-0.39, 0.29) is 18.2 Å². The number of aromatic nitrogens is 2. The Morgan fingerprint density at radius 3 is 2.37 bits per heavy atom. The molecule has 2 atom stereocenters. The van der Waals surface area contributed by atoms with Crippen LogP contribution in [0.2, 0.25) is 0 Å². The van der Waals surface area contributed by atoms with E-state index in [0.717, 1.165) is 59.9 Å². The zero-order valence-electron chi connectivity index (χ0n) is 21.6. The summed E-state index contributed by atoms with van der Waals surface area (Å²) in [6.07, 6.45) is 5.64. The molecule has 2 aromatic rings. The summed E-state index contributed by atoms with van der Waals surface area (Å²) in [6, 6.07) is 4.36. The molecule has 1 fully saturated rings. The van der Waals surface area contributed by atoms with Crippen molar-refractivity contribution in [2.24, 2.45) is 0 Å². The highest BCUT2D eigenvalue weighted by Gasteiger charge is 2.37. The summed E-state index contributed by atoms with van der Waals surface area (Å²) < 4.78 is 16.7. The van der Waals surface area contributed by atoms with Crippen molar-refractivity contribution in [3.05, 3.63) is 34.6 Å². The van der Waals surface area contributed by atoms with Crippen LogP contribution in [-0.4, -0.2) is 67.0 Å². The highest BCUT2D eigenvalue weighted by molar-refractivity contribution is 5.72. The number of methoxy groups -OCH3 is 2. The molecule has 1 aliphatic carbocycles. The number of hydrogen-bond acceptors (Lipinski definition) is 7. The van der Waals surface area contributed by atoms with Crippen molar-refractivity contribution in [2.75, 3.05) is 39.2 Å². The number of ether oxygens (including phenoxy) is 3. The van der Waals surface area contributed by atoms with Gasteiger partial charge in [0.15, 0.2) is 0 Å². The van der Waals surface area contributed by atoms with E-state index >= 15 is 0 Å². The minimum Gasteiger partial charge on any atom is -0.496 e. The molecule has 0 spiro atoms. The number of likely N-dealkylation sites (tertiary alicyclic amines) is 1. The van der Waals surface area contributed by atoms with Crippen LogP contribution in [0.25, 0.3) is 11.3 Å². The maximum atomic E-state index is 12.1. The predicted molar refractivity (Wildman–Crippen MR) is 136 cm³/mol. The quantitative estimate of drug-likeness (QED) is 0.596. The van der Waals surface area contributed by atoms with Gasteiger partial charge < -0.3 is 24.4 Å². The first-order valence-corrected chi connectivity index (χ1v) is 12.8. The van der Waals surface area contributed by atoms with Crippen LogP contribution in [-0.2, 0) is 35.2 Å². The number of carbonyl (C=O) groups excluding carboxylic acids is 1. The van der Waals surface area contributed by atoms with Gasteiger partial charge in [-0.15, -0.1) is 0 Å². The zero-order valence-corrected chi connectivity index (χ0v) is 21.6. The molecule has 2 heterocycles. The van der Waals surface area contributed by atoms with Gasteiger partial charge in [-0.25, -0.2) is 14.8 Å². The standard InChI is InChI=1S/C27H38N4O4/c1-6-20-25(19-13-17-11-9-10-12-18(17)14-23(19)33-4)28-21(7-2)26(29-20)30-22-15-31(27(32)34-5)16-24(22)35-8-3/h13-14,22,24H,6-12,15-16H2,1-5H3,(H,29,30)/t22?,24-/m0/s1. The molecule has 190 valence electrons. The van der Waals surface area contributed by atoms with Crippen LogP contribution in [0.15, 0.2) is 12.1 Å². The molecular formula is C27H38N4O4. The number of carbonyl (C=O) groups is 1. The fourth-order valence-corrected chi connectivity index (χ4v) is 5.20. The Hall–Kier alpha value is -2.87. The molecular weight excluding hydrogens is 444 g/mol. The zero-order chi connectivity index (χ0) is 24.9. The minimum atomic E-state index is -0.343. The molecule has 0 radical (unpaired) electrons. The van der Waals surface area contributed by atoms with Gasteiger partial charge in [0.05, 0.1) is 50.0 Å². The first-order valence-electron chi connectivity index (χ1n) is 12.8. The average molecular weight is 483 g/mol. The summed E-state index contributed by atoms with van der Waals surface area (Å²) in [5.74, 6) is 1.62. The predicted octanol–water partition coefficient (Wildman–Crippen LogP) is 4.42. The second kappa shape index (κ2) is 11.2. The summed E-state index contributed by atoms with van der Waals surface area (Å²) in [5, 5.41) is 3.56. The van der Waals surface area contributed by atoms with E-state index < -0.39 is 0 Å². The van der Waals surface area contributed by atoms with E-state index in [0.29, 0.717) is 19.7 Å². The molecule has 1 aromatic carbocycles. The molecule has 8 heteroatoms. The molecule has 0 bridgehead atoms. The van der Waals surface area contributed by atoms with Gasteiger partial charge in [0.1, 0.15) is 11.6 Å². The maximum Gasteiger partial charge on any atom is 0.409 e. The Morgan fingerprint density at radius 1 is 1.03 bits per heavy atom. The minimum absolute atomic E-state index is 0.0949. The number of anilines is 1. The van der Waals surface area contributed by atoms with Crippen LogP contribution in [0, 0.1) is 0 Å². The van der Waals surface area contributed by atoms with Crippen LogP contribution >= 0.6 is 0 Å². The summed E-state index contributed by atoms with van der Waals surface area (Å²) >= 11 is 0. The molecule has 1 amide bonds. The van der Waals surface area contributed by atoms with Crippen LogP contribution < -0.4 is 10.1 Å². The van der Waals surface area contributed by atoms with E-state index in [2.05, 4.69) is 31.3 Å². The van der Waals surface area contributed by atoms with Gasteiger partial charge in [-0.3, -0.25) is 0 Å². The van der Waals surface area contributed by atoms with Gasteiger partial charge >= 0.3 is 6.09 Å². The number of amides is 1. The number of benzene rings is 1. The second-order valence-electron chi connectivity index (χ2n) is 9.17. The number of fused-ring (bicyclic) bond motifs is 1. The van der Waals surface area contributed by atoms with E-state index in [1.165, 1.54) is 31.1 Å². The van der Waals surface area contributed by atoms with Crippen LogP contribution in [0.5, 0.6) is 5.75 Å². The second-order valence-corrected chi connectivity index (χ2v) is 9.17. The Kier molecular flexibility index (Phi) is 8.11. The molecule has 1 unspecified atom stereocenters. The number of hydrogen-bond donors (Lipinski definition) is 1. The van der Waals surface area contributed by atoms with E-state index in [9.17, 15) is 4.79 Å². The summed E-state index contributed by atoms with van der Waals surface area (Å²) in [5.41, 5.74) is 6.51. The molecule has 8 nitrogen and oxygen atoms in total. The van der Waals surface area contributed by atoms with Gasteiger partial charge in [0.2, 0.25) is 0 Å². The van der Waals surface area contributed by atoms with Crippen molar-refractivity contribution in [3.8, 4) is 17.0 Å². The van der Waals surface area contributed by atoms with Crippen molar-refractivity contribution in [2.45, 2.75) is 71.4 Å². The highest BCUT2D eigenvalue weighted by atomic mass is 16.5. The van der Waals surface area contributed by atoms with Gasteiger partial charge in [0, 0.05) is 18.7 Å². The van der Waals surface area contributed by atoms with Gasteiger partial charge in [0.25, 0.3) is 0 Å². The molecule has 1 aromatic heterocycles. The fraction of sp³-hybridized carbons (Fsp3) is 0.593. The van der Waals surface area contributed by atoms with Crippen molar-refractivity contribution < 1.29 is 19.0 Å². The largest absolute Gasteiger partial charge is 0.496 e. The third kappa shape index (κ3) is 5.22. The fourth-order valence-electron chi connectivity index (χ4n) is 5.20. The summed E-state index contributed by atoms with van der Waals surface area (Å²) in [7, 11) is 3.13. The van der Waals surface area contributed by atoms with Crippen molar-refractivity contribution in [1.29, 1.82) is 0 Å². The Morgan fingerprint density at radius 2 is 1.74 bits per heavy atom. The lowest BCUT2D eigenvalue weighted by Gasteiger charge is -2.23. The number of nitrogens with zero attached hydrogens (tertiary/aromatic N) is 3.